The van der Waals surface area contributed by atoms with Gasteiger partial charge < -0.3 is 24.9 Å². The van der Waals surface area contributed by atoms with E-state index in [1.165, 1.54) is 0 Å². The summed E-state index contributed by atoms with van der Waals surface area (Å²) in [5.74, 6) is 2.40. The second-order valence-electron chi connectivity index (χ2n) is 8.37. The fourth-order valence-electron chi connectivity index (χ4n) is 3.53. The highest BCUT2D eigenvalue weighted by Gasteiger charge is 2.23. The van der Waals surface area contributed by atoms with Crippen molar-refractivity contribution in [2.45, 2.75) is 59.4 Å². The van der Waals surface area contributed by atoms with Crippen LogP contribution in [0.15, 0.2) is 27.8 Å². The Morgan fingerprint density at radius 1 is 1.06 bits per heavy atom. The molecule has 1 saturated heterocycles. The maximum Gasteiger partial charge on any atom is 0.222 e. The van der Waals surface area contributed by atoms with Crippen molar-refractivity contribution in [3.05, 3.63) is 24.2 Å². The Morgan fingerprint density at radius 3 is 2.39 bits per heavy atom. The normalized spacial score (nSPS) is 14.8. The Balaban J connectivity index is 1.57. The number of piperazine rings is 1. The monoisotopic (exact) mass is 433 g/mol. The van der Waals surface area contributed by atoms with Crippen molar-refractivity contribution in [3.8, 4) is 0 Å². The molecule has 2 heterocycles. The summed E-state index contributed by atoms with van der Waals surface area (Å²) in [6.07, 6.45) is 5.67. The number of unbranched alkanes of at least 4 members (excludes halogenated alkanes) is 2. The van der Waals surface area contributed by atoms with Crippen LogP contribution in [-0.4, -0.2) is 66.8 Å². The fourth-order valence-corrected chi connectivity index (χ4v) is 3.53. The molecule has 8 heteroatoms. The van der Waals surface area contributed by atoms with E-state index in [1.54, 1.807) is 6.26 Å². The lowest BCUT2D eigenvalue weighted by Crippen LogP contribution is -2.50. The third kappa shape index (κ3) is 9.44. The molecular weight excluding hydrogens is 394 g/mol. The molecule has 1 aliphatic rings. The predicted octanol–water partition coefficient (Wildman–Crippen LogP) is 2.61. The molecule has 1 fully saturated rings. The van der Waals surface area contributed by atoms with Crippen molar-refractivity contribution in [2.75, 3.05) is 39.3 Å². The SMILES string of the molecule is CCNC(=NCc1ccco1)NCCCCCC(=O)N1CCN(C(=O)CC(C)C)CC1. The van der Waals surface area contributed by atoms with Crippen LogP contribution >= 0.6 is 0 Å². The van der Waals surface area contributed by atoms with E-state index in [0.717, 1.165) is 44.1 Å². The van der Waals surface area contributed by atoms with Gasteiger partial charge in [-0.15, -0.1) is 0 Å². The molecule has 0 atom stereocenters. The van der Waals surface area contributed by atoms with Crippen LogP contribution in [0.3, 0.4) is 0 Å². The Labute approximate surface area is 186 Å². The third-order valence-electron chi connectivity index (χ3n) is 5.25. The first-order valence-corrected chi connectivity index (χ1v) is 11.6. The number of nitrogens with one attached hydrogen (secondary N) is 2. The molecule has 0 aromatic carbocycles. The smallest absolute Gasteiger partial charge is 0.222 e. The van der Waals surface area contributed by atoms with Crippen molar-refractivity contribution in [1.82, 2.24) is 20.4 Å². The van der Waals surface area contributed by atoms with Gasteiger partial charge in [0.15, 0.2) is 5.96 Å². The van der Waals surface area contributed by atoms with Gasteiger partial charge in [0.25, 0.3) is 0 Å². The number of carbonyl (C=O) groups is 2. The van der Waals surface area contributed by atoms with Gasteiger partial charge in [0.2, 0.25) is 11.8 Å². The summed E-state index contributed by atoms with van der Waals surface area (Å²) in [4.78, 5) is 32.9. The van der Waals surface area contributed by atoms with E-state index in [9.17, 15) is 9.59 Å². The van der Waals surface area contributed by atoms with Gasteiger partial charge in [-0.2, -0.15) is 0 Å². The molecule has 0 unspecified atom stereocenters. The van der Waals surface area contributed by atoms with Crippen molar-refractivity contribution < 1.29 is 14.0 Å². The highest BCUT2D eigenvalue weighted by atomic mass is 16.3. The number of hydrogen-bond acceptors (Lipinski definition) is 4. The van der Waals surface area contributed by atoms with Crippen LogP contribution in [0.2, 0.25) is 0 Å². The first-order chi connectivity index (χ1) is 15.0. The molecule has 1 aromatic rings. The summed E-state index contributed by atoms with van der Waals surface area (Å²) >= 11 is 0. The average molecular weight is 434 g/mol. The van der Waals surface area contributed by atoms with E-state index >= 15 is 0 Å². The molecule has 2 N–H and O–H groups in total. The van der Waals surface area contributed by atoms with Gasteiger partial charge in [-0.1, -0.05) is 20.3 Å². The van der Waals surface area contributed by atoms with Crippen LogP contribution in [-0.2, 0) is 16.1 Å². The highest BCUT2D eigenvalue weighted by molar-refractivity contribution is 5.79. The van der Waals surface area contributed by atoms with E-state index in [1.807, 2.05) is 28.9 Å². The zero-order chi connectivity index (χ0) is 22.5. The van der Waals surface area contributed by atoms with Gasteiger partial charge in [-0.25, -0.2) is 4.99 Å². The molecular formula is C23H39N5O3. The van der Waals surface area contributed by atoms with Gasteiger partial charge in [0, 0.05) is 52.1 Å². The summed E-state index contributed by atoms with van der Waals surface area (Å²) in [5, 5.41) is 6.56. The first-order valence-electron chi connectivity index (χ1n) is 11.6. The molecule has 0 spiro atoms. The van der Waals surface area contributed by atoms with Gasteiger partial charge in [-0.3, -0.25) is 9.59 Å². The number of rotatable bonds is 11. The lowest BCUT2D eigenvalue weighted by molar-refractivity contribution is -0.140. The Bertz CT molecular complexity index is 679. The number of furan rings is 1. The molecule has 1 aromatic heterocycles. The lowest BCUT2D eigenvalue weighted by Gasteiger charge is -2.35. The molecule has 0 bridgehead atoms. The molecule has 2 amide bonds. The van der Waals surface area contributed by atoms with Crippen molar-refractivity contribution >= 4 is 17.8 Å². The number of hydrogen-bond donors (Lipinski definition) is 2. The van der Waals surface area contributed by atoms with E-state index in [0.29, 0.717) is 51.5 Å². The van der Waals surface area contributed by atoms with Crippen molar-refractivity contribution in [1.29, 1.82) is 0 Å². The minimum absolute atomic E-state index is 0.206. The van der Waals surface area contributed by atoms with Crippen LogP contribution < -0.4 is 10.6 Å². The van der Waals surface area contributed by atoms with Crippen LogP contribution in [0.5, 0.6) is 0 Å². The molecule has 0 saturated carbocycles. The standard InChI is InChI=1S/C23H39N5O3/c1-4-24-23(26-18-20-9-8-16-31-20)25-11-7-5-6-10-21(29)27-12-14-28(15-13-27)22(30)17-19(2)3/h8-9,16,19H,4-7,10-15,17-18H2,1-3H3,(H2,24,25,26). The van der Waals surface area contributed by atoms with E-state index in [-0.39, 0.29) is 11.8 Å². The van der Waals surface area contributed by atoms with Crippen LogP contribution in [0, 0.1) is 5.92 Å². The molecule has 0 aliphatic carbocycles. The zero-order valence-corrected chi connectivity index (χ0v) is 19.4. The van der Waals surface area contributed by atoms with Gasteiger partial charge in [0.1, 0.15) is 12.3 Å². The van der Waals surface area contributed by atoms with Crippen molar-refractivity contribution in [2.24, 2.45) is 10.9 Å². The molecule has 0 radical (unpaired) electrons. The molecule has 2 rings (SSSR count). The maximum absolute atomic E-state index is 12.4. The van der Waals surface area contributed by atoms with Crippen LogP contribution in [0.1, 0.15) is 58.6 Å². The zero-order valence-electron chi connectivity index (χ0n) is 19.4. The summed E-state index contributed by atoms with van der Waals surface area (Å²) in [6, 6.07) is 3.77. The van der Waals surface area contributed by atoms with Gasteiger partial charge in [-0.05, 0) is 37.8 Å². The summed E-state index contributed by atoms with van der Waals surface area (Å²) in [7, 11) is 0. The molecule has 174 valence electrons. The summed E-state index contributed by atoms with van der Waals surface area (Å²) in [6.45, 7) is 10.9. The van der Waals surface area contributed by atoms with E-state index in [4.69, 9.17) is 4.42 Å². The van der Waals surface area contributed by atoms with Gasteiger partial charge in [0.05, 0.1) is 6.26 Å². The summed E-state index contributed by atoms with van der Waals surface area (Å²) < 4.78 is 5.31. The lowest BCUT2D eigenvalue weighted by atomic mass is 10.1. The van der Waals surface area contributed by atoms with Crippen LogP contribution in [0.25, 0.3) is 0 Å². The van der Waals surface area contributed by atoms with E-state index < -0.39 is 0 Å². The number of carbonyl (C=O) groups excluding carboxylic acids is 2. The first kappa shape index (κ1) is 24.8. The highest BCUT2D eigenvalue weighted by Crippen LogP contribution is 2.10. The summed E-state index contributed by atoms with van der Waals surface area (Å²) in [5.41, 5.74) is 0. The van der Waals surface area contributed by atoms with E-state index in [2.05, 4.69) is 29.5 Å². The second-order valence-corrected chi connectivity index (χ2v) is 8.37. The topological polar surface area (TPSA) is 90.2 Å². The minimum atomic E-state index is 0.206. The molecule has 8 nitrogen and oxygen atoms in total. The predicted molar refractivity (Wildman–Crippen MR) is 123 cm³/mol. The third-order valence-corrected chi connectivity index (χ3v) is 5.25. The quantitative estimate of drug-likeness (QED) is 0.318. The Kier molecular flexibility index (Phi) is 11.0. The largest absolute Gasteiger partial charge is 0.467 e. The Morgan fingerprint density at radius 2 is 1.77 bits per heavy atom. The number of amides is 2. The number of aliphatic imine (C=N–C) groups is 1. The molecule has 1 aliphatic heterocycles. The Hall–Kier alpha value is -2.51. The number of nitrogens with zero attached hydrogens (tertiary/aromatic N) is 3. The average Bonchev–Trinajstić information content (AvgIpc) is 3.27. The number of guanidine groups is 1. The van der Waals surface area contributed by atoms with Crippen molar-refractivity contribution in [3.63, 3.8) is 0 Å². The van der Waals surface area contributed by atoms with Crippen LogP contribution in [0.4, 0.5) is 0 Å². The maximum atomic E-state index is 12.4. The molecule has 31 heavy (non-hydrogen) atoms. The van der Waals surface area contributed by atoms with Gasteiger partial charge >= 0.3 is 0 Å². The fraction of sp³-hybridized carbons (Fsp3) is 0.696. The minimum Gasteiger partial charge on any atom is -0.467 e. The second kappa shape index (κ2) is 13.7.